The molecule has 2 aromatic rings. The Labute approximate surface area is 189 Å². The van der Waals surface area contributed by atoms with E-state index in [0.29, 0.717) is 6.42 Å². The summed E-state index contributed by atoms with van der Waals surface area (Å²) in [7, 11) is 5.22. The number of carbonyl (C=O) groups excluding carboxylic acids is 1. The van der Waals surface area contributed by atoms with Crippen molar-refractivity contribution < 1.29 is 14.3 Å². The number of methoxy groups -OCH3 is 2. The number of amides is 1. The third-order valence-corrected chi connectivity index (χ3v) is 7.19. The Morgan fingerprint density at radius 3 is 2.55 bits per heavy atom. The molecule has 2 aromatic carbocycles. The van der Waals surface area contributed by atoms with Crippen molar-refractivity contribution in [2.75, 3.05) is 27.0 Å². The number of hydrogen-bond acceptors (Lipinski definition) is 4. The number of hydrogen-bond donors (Lipinski definition) is 0. The maximum Gasteiger partial charge on any atom is 0.235 e. The van der Waals surface area contributed by atoms with Gasteiger partial charge in [-0.1, -0.05) is 43.5 Å². The Kier molecular flexibility index (Phi) is 7.85. The average molecular weight is 438 g/mol. The van der Waals surface area contributed by atoms with Gasteiger partial charge in [0.15, 0.2) is 0 Å². The molecular formula is C26H31NO3S. The normalized spacial score (nSPS) is 16.4. The number of benzene rings is 2. The van der Waals surface area contributed by atoms with E-state index in [9.17, 15) is 4.79 Å². The van der Waals surface area contributed by atoms with E-state index in [1.54, 1.807) is 32.1 Å². The number of nitrogens with zero attached hydrogens (tertiary/aromatic N) is 1. The number of ether oxygens (including phenoxy) is 2. The molecule has 0 saturated carbocycles. The van der Waals surface area contributed by atoms with Gasteiger partial charge in [0.1, 0.15) is 11.5 Å². The van der Waals surface area contributed by atoms with Gasteiger partial charge >= 0.3 is 0 Å². The highest BCUT2D eigenvalue weighted by Gasteiger charge is 2.31. The van der Waals surface area contributed by atoms with Gasteiger partial charge in [0.2, 0.25) is 5.91 Å². The van der Waals surface area contributed by atoms with Crippen molar-refractivity contribution >= 4 is 29.3 Å². The SMILES string of the molecule is C=Cc1ccc(C(=C)CC(c2ccc(OC)cc2)N(C)C(=O)C2CCCS2)cc1OC. The molecular weight excluding hydrogens is 406 g/mol. The maximum absolute atomic E-state index is 13.2. The molecule has 0 bridgehead atoms. The molecule has 164 valence electrons. The minimum Gasteiger partial charge on any atom is -0.497 e. The highest BCUT2D eigenvalue weighted by atomic mass is 32.2. The molecule has 0 aliphatic carbocycles. The first-order chi connectivity index (χ1) is 15.0. The van der Waals surface area contributed by atoms with E-state index in [0.717, 1.165) is 52.4 Å². The van der Waals surface area contributed by atoms with E-state index < -0.39 is 0 Å². The highest BCUT2D eigenvalue weighted by Crippen LogP contribution is 2.36. The lowest BCUT2D eigenvalue weighted by molar-refractivity contribution is -0.131. The fourth-order valence-corrected chi connectivity index (χ4v) is 5.17. The molecule has 0 radical (unpaired) electrons. The van der Waals surface area contributed by atoms with Crippen LogP contribution >= 0.6 is 11.8 Å². The molecule has 0 spiro atoms. The van der Waals surface area contributed by atoms with E-state index in [1.165, 1.54) is 0 Å². The van der Waals surface area contributed by atoms with Crippen LogP contribution in [0.5, 0.6) is 11.5 Å². The van der Waals surface area contributed by atoms with Crippen molar-refractivity contribution in [3.8, 4) is 11.5 Å². The minimum atomic E-state index is -0.114. The molecule has 0 aromatic heterocycles. The van der Waals surface area contributed by atoms with Crippen LogP contribution in [0.1, 0.15) is 42.0 Å². The van der Waals surface area contributed by atoms with Gasteiger partial charge < -0.3 is 14.4 Å². The molecule has 1 aliphatic heterocycles. The Balaban J connectivity index is 1.88. The van der Waals surface area contributed by atoms with Crippen LogP contribution in [0.3, 0.4) is 0 Å². The zero-order valence-corrected chi connectivity index (χ0v) is 19.4. The minimum absolute atomic E-state index is 0.0472. The lowest BCUT2D eigenvalue weighted by Gasteiger charge is -2.31. The van der Waals surface area contributed by atoms with E-state index in [4.69, 9.17) is 9.47 Å². The zero-order chi connectivity index (χ0) is 22.4. The predicted molar refractivity (Wildman–Crippen MR) is 131 cm³/mol. The molecule has 2 unspecified atom stereocenters. The molecule has 1 saturated heterocycles. The Bertz CT molecular complexity index is 932. The maximum atomic E-state index is 13.2. The van der Waals surface area contributed by atoms with Gasteiger partial charge in [-0.05, 0) is 59.9 Å². The van der Waals surface area contributed by atoms with Gasteiger partial charge in [-0.25, -0.2) is 0 Å². The summed E-state index contributed by atoms with van der Waals surface area (Å²) in [4.78, 5) is 15.1. The zero-order valence-electron chi connectivity index (χ0n) is 18.6. The molecule has 3 rings (SSSR count). The number of rotatable bonds is 9. The van der Waals surface area contributed by atoms with Crippen LogP contribution in [0.2, 0.25) is 0 Å². The van der Waals surface area contributed by atoms with Crippen LogP contribution < -0.4 is 9.47 Å². The molecule has 5 heteroatoms. The van der Waals surface area contributed by atoms with E-state index >= 15 is 0 Å². The summed E-state index contributed by atoms with van der Waals surface area (Å²) >= 11 is 1.76. The Morgan fingerprint density at radius 2 is 1.97 bits per heavy atom. The Morgan fingerprint density at radius 1 is 1.23 bits per heavy atom. The van der Waals surface area contributed by atoms with Crippen molar-refractivity contribution in [1.82, 2.24) is 4.90 Å². The van der Waals surface area contributed by atoms with Gasteiger partial charge in [-0.3, -0.25) is 4.79 Å². The van der Waals surface area contributed by atoms with Crippen molar-refractivity contribution in [1.29, 1.82) is 0 Å². The highest BCUT2D eigenvalue weighted by molar-refractivity contribution is 8.00. The van der Waals surface area contributed by atoms with Crippen molar-refractivity contribution in [3.05, 3.63) is 72.3 Å². The first-order valence-corrected chi connectivity index (χ1v) is 11.5. The summed E-state index contributed by atoms with van der Waals surface area (Å²) in [6.45, 7) is 8.18. The quantitative estimate of drug-likeness (QED) is 0.494. The van der Waals surface area contributed by atoms with Gasteiger partial charge in [-0.15, -0.1) is 11.8 Å². The van der Waals surface area contributed by atoms with Crippen molar-refractivity contribution in [2.45, 2.75) is 30.6 Å². The van der Waals surface area contributed by atoms with Gasteiger partial charge in [-0.2, -0.15) is 0 Å². The fourth-order valence-electron chi connectivity index (χ4n) is 3.91. The summed E-state index contributed by atoms with van der Waals surface area (Å²) in [5, 5.41) is 0.0472. The first kappa shape index (κ1) is 23.0. The first-order valence-electron chi connectivity index (χ1n) is 10.5. The molecule has 31 heavy (non-hydrogen) atoms. The number of thioether (sulfide) groups is 1. The molecule has 1 heterocycles. The van der Waals surface area contributed by atoms with Crippen LogP contribution in [-0.2, 0) is 4.79 Å². The molecule has 2 atom stereocenters. The molecule has 4 nitrogen and oxygen atoms in total. The lowest BCUT2D eigenvalue weighted by atomic mass is 9.93. The Hall–Kier alpha value is -2.66. The largest absolute Gasteiger partial charge is 0.497 e. The second-order valence-electron chi connectivity index (χ2n) is 7.71. The van der Waals surface area contributed by atoms with Crippen molar-refractivity contribution in [3.63, 3.8) is 0 Å². The van der Waals surface area contributed by atoms with Crippen LogP contribution in [0.4, 0.5) is 0 Å². The van der Waals surface area contributed by atoms with Crippen LogP contribution in [0, 0.1) is 0 Å². The third kappa shape index (κ3) is 5.34. The fraction of sp³-hybridized carbons (Fsp3) is 0.346. The molecule has 1 fully saturated rings. The van der Waals surface area contributed by atoms with E-state index in [1.807, 2.05) is 54.4 Å². The summed E-state index contributed by atoms with van der Waals surface area (Å²) in [6.07, 6.45) is 4.45. The average Bonchev–Trinajstić information content (AvgIpc) is 3.36. The summed E-state index contributed by atoms with van der Waals surface area (Å²) in [5.74, 6) is 2.81. The molecule has 1 aliphatic rings. The van der Waals surface area contributed by atoms with E-state index in [-0.39, 0.29) is 17.2 Å². The van der Waals surface area contributed by atoms with Gasteiger partial charge in [0.25, 0.3) is 0 Å². The van der Waals surface area contributed by atoms with Crippen LogP contribution in [0.15, 0.2) is 55.6 Å². The summed E-state index contributed by atoms with van der Waals surface area (Å²) in [6, 6.07) is 13.8. The second kappa shape index (κ2) is 10.6. The van der Waals surface area contributed by atoms with Gasteiger partial charge in [0, 0.05) is 12.6 Å². The summed E-state index contributed by atoms with van der Waals surface area (Å²) in [5.41, 5.74) is 3.96. The van der Waals surface area contributed by atoms with Crippen LogP contribution in [0.25, 0.3) is 11.6 Å². The van der Waals surface area contributed by atoms with Crippen molar-refractivity contribution in [2.24, 2.45) is 0 Å². The molecule has 1 amide bonds. The second-order valence-corrected chi connectivity index (χ2v) is 9.02. The van der Waals surface area contributed by atoms with Gasteiger partial charge in [0.05, 0.1) is 25.5 Å². The third-order valence-electron chi connectivity index (χ3n) is 5.82. The molecule has 0 N–H and O–H groups in total. The lowest BCUT2D eigenvalue weighted by Crippen LogP contribution is -2.36. The van der Waals surface area contributed by atoms with E-state index in [2.05, 4.69) is 13.2 Å². The summed E-state index contributed by atoms with van der Waals surface area (Å²) < 4.78 is 10.8. The number of carbonyl (C=O) groups is 1. The monoisotopic (exact) mass is 437 g/mol. The topological polar surface area (TPSA) is 38.8 Å². The smallest absolute Gasteiger partial charge is 0.235 e. The van der Waals surface area contributed by atoms with Crippen LogP contribution in [-0.4, -0.2) is 43.1 Å². The predicted octanol–water partition coefficient (Wildman–Crippen LogP) is 5.85. The standard InChI is InChI=1S/C26H31NO3S/c1-6-19-9-10-21(17-24(19)30-5)18(2)16-23(20-11-13-22(29-4)14-12-20)27(3)26(28)25-8-7-15-31-25/h6,9-14,17,23,25H,1-2,7-8,15-16H2,3-5H3.